The number of anilines is 1. The van der Waals surface area contributed by atoms with Crippen molar-refractivity contribution in [2.75, 3.05) is 37.8 Å². The molecule has 1 aliphatic heterocycles. The predicted molar refractivity (Wildman–Crippen MR) is 80.1 cm³/mol. The Morgan fingerprint density at radius 3 is 2.36 bits per heavy atom. The molecule has 1 heterocycles. The van der Waals surface area contributed by atoms with Gasteiger partial charge in [0.25, 0.3) is 0 Å². The van der Waals surface area contributed by atoms with Crippen molar-refractivity contribution in [3.63, 3.8) is 0 Å². The van der Waals surface area contributed by atoms with Crippen LogP contribution in [0, 0.1) is 0 Å². The Morgan fingerprint density at radius 2 is 1.77 bits per heavy atom. The first-order valence-electron chi connectivity index (χ1n) is 7.27. The number of carbonyl (C=O) groups excluding carboxylic acids is 3. The molecule has 0 atom stereocenters. The van der Waals surface area contributed by atoms with E-state index < -0.39 is 18.2 Å². The van der Waals surface area contributed by atoms with Crippen LogP contribution in [-0.4, -0.2) is 50.4 Å². The first-order valence-corrected chi connectivity index (χ1v) is 7.27. The Hall–Kier alpha value is -2.21. The van der Waals surface area contributed by atoms with Gasteiger partial charge in [-0.15, -0.1) is 0 Å². The maximum atomic E-state index is 12.0. The zero-order valence-corrected chi connectivity index (χ0v) is 12.5. The monoisotopic (exact) mass is 305 g/mol. The summed E-state index contributed by atoms with van der Waals surface area (Å²) in [5, 5.41) is 0. The minimum absolute atomic E-state index is 0.118. The van der Waals surface area contributed by atoms with E-state index in [0.717, 1.165) is 18.8 Å². The molecule has 0 amide bonds. The van der Waals surface area contributed by atoms with Gasteiger partial charge in [0.15, 0.2) is 5.78 Å². The van der Waals surface area contributed by atoms with Crippen LogP contribution in [0.25, 0.3) is 0 Å². The molecule has 118 valence electrons. The maximum Gasteiger partial charge on any atom is 0.375 e. The van der Waals surface area contributed by atoms with Crippen LogP contribution >= 0.6 is 0 Å². The second-order valence-electron chi connectivity index (χ2n) is 4.89. The SMILES string of the molecule is CCOC(=O)C(=O)CC(=O)c1ccc(N2CCOCC2)cc1. The van der Waals surface area contributed by atoms with Gasteiger partial charge < -0.3 is 14.4 Å². The van der Waals surface area contributed by atoms with Crippen molar-refractivity contribution in [1.29, 1.82) is 0 Å². The summed E-state index contributed by atoms with van der Waals surface area (Å²) in [6.45, 7) is 4.73. The average molecular weight is 305 g/mol. The van der Waals surface area contributed by atoms with Gasteiger partial charge >= 0.3 is 5.97 Å². The highest BCUT2D eigenvalue weighted by Gasteiger charge is 2.20. The van der Waals surface area contributed by atoms with Gasteiger partial charge in [0.05, 0.1) is 26.2 Å². The molecule has 0 aliphatic carbocycles. The number of nitrogens with zero attached hydrogens (tertiary/aromatic N) is 1. The molecule has 0 spiro atoms. The number of morpholine rings is 1. The molecule has 22 heavy (non-hydrogen) atoms. The molecule has 0 bridgehead atoms. The van der Waals surface area contributed by atoms with Crippen molar-refractivity contribution >= 4 is 23.2 Å². The minimum Gasteiger partial charge on any atom is -0.460 e. The second kappa shape index (κ2) is 7.70. The lowest BCUT2D eigenvalue weighted by atomic mass is 10.1. The number of ether oxygens (including phenoxy) is 2. The third-order valence-electron chi connectivity index (χ3n) is 3.39. The van der Waals surface area contributed by atoms with Crippen LogP contribution in [0.1, 0.15) is 23.7 Å². The van der Waals surface area contributed by atoms with E-state index in [0.29, 0.717) is 18.8 Å². The Morgan fingerprint density at radius 1 is 1.14 bits per heavy atom. The van der Waals surface area contributed by atoms with Crippen LogP contribution in [0.2, 0.25) is 0 Å². The summed E-state index contributed by atoms with van der Waals surface area (Å²) in [5.74, 6) is -2.16. The fourth-order valence-electron chi connectivity index (χ4n) is 2.21. The number of rotatable bonds is 6. The van der Waals surface area contributed by atoms with E-state index in [9.17, 15) is 14.4 Å². The van der Waals surface area contributed by atoms with Crippen LogP contribution in [0.3, 0.4) is 0 Å². The first kappa shape index (κ1) is 16.2. The summed E-state index contributed by atoms with van der Waals surface area (Å²) >= 11 is 0. The smallest absolute Gasteiger partial charge is 0.375 e. The van der Waals surface area contributed by atoms with E-state index in [1.165, 1.54) is 0 Å². The van der Waals surface area contributed by atoms with Crippen molar-refractivity contribution in [3.8, 4) is 0 Å². The normalized spacial score (nSPS) is 14.5. The van der Waals surface area contributed by atoms with Gasteiger partial charge in [-0.2, -0.15) is 0 Å². The van der Waals surface area contributed by atoms with Crippen molar-refractivity contribution < 1.29 is 23.9 Å². The van der Waals surface area contributed by atoms with Gasteiger partial charge in [-0.1, -0.05) is 0 Å². The van der Waals surface area contributed by atoms with Crippen LogP contribution in [-0.2, 0) is 19.1 Å². The summed E-state index contributed by atoms with van der Waals surface area (Å²) < 4.78 is 9.87. The number of ketones is 2. The summed E-state index contributed by atoms with van der Waals surface area (Å²) in [6.07, 6.45) is -0.463. The molecule has 1 aliphatic rings. The third kappa shape index (κ3) is 4.14. The fourth-order valence-corrected chi connectivity index (χ4v) is 2.21. The molecule has 0 saturated carbocycles. The van der Waals surface area contributed by atoms with Crippen molar-refractivity contribution in [3.05, 3.63) is 29.8 Å². The number of carbonyl (C=O) groups is 3. The van der Waals surface area contributed by atoms with E-state index in [1.807, 2.05) is 12.1 Å². The first-order chi connectivity index (χ1) is 10.6. The van der Waals surface area contributed by atoms with Gasteiger partial charge in [0.2, 0.25) is 5.78 Å². The largest absolute Gasteiger partial charge is 0.460 e. The van der Waals surface area contributed by atoms with Crippen LogP contribution in [0.5, 0.6) is 0 Å². The average Bonchev–Trinajstić information content (AvgIpc) is 2.56. The lowest BCUT2D eigenvalue weighted by Gasteiger charge is -2.28. The lowest BCUT2D eigenvalue weighted by molar-refractivity contribution is -0.153. The predicted octanol–water partition coefficient (Wildman–Crippen LogP) is 1.23. The van der Waals surface area contributed by atoms with Gasteiger partial charge in [-0.25, -0.2) is 4.79 Å². The summed E-state index contributed by atoms with van der Waals surface area (Å²) in [4.78, 5) is 36.9. The zero-order valence-electron chi connectivity index (χ0n) is 12.5. The molecular weight excluding hydrogens is 286 g/mol. The van der Waals surface area contributed by atoms with Crippen molar-refractivity contribution in [2.45, 2.75) is 13.3 Å². The van der Waals surface area contributed by atoms with Crippen molar-refractivity contribution in [1.82, 2.24) is 0 Å². The molecule has 2 rings (SSSR count). The quantitative estimate of drug-likeness (QED) is 0.341. The standard InChI is InChI=1S/C16H19NO5/c1-2-22-16(20)15(19)11-14(18)12-3-5-13(6-4-12)17-7-9-21-10-8-17/h3-6H,2,7-11H2,1H3. The van der Waals surface area contributed by atoms with E-state index >= 15 is 0 Å². The van der Waals surface area contributed by atoms with E-state index in [2.05, 4.69) is 9.64 Å². The topological polar surface area (TPSA) is 72.9 Å². The highest BCUT2D eigenvalue weighted by atomic mass is 16.5. The van der Waals surface area contributed by atoms with Gasteiger partial charge in [0.1, 0.15) is 0 Å². The Bertz CT molecular complexity index is 546. The highest BCUT2D eigenvalue weighted by Crippen LogP contribution is 2.17. The molecule has 1 fully saturated rings. The number of hydrogen-bond donors (Lipinski definition) is 0. The Labute approximate surface area is 129 Å². The van der Waals surface area contributed by atoms with Gasteiger partial charge in [0, 0.05) is 24.3 Å². The fraction of sp³-hybridized carbons (Fsp3) is 0.438. The van der Waals surface area contributed by atoms with E-state index in [4.69, 9.17) is 4.74 Å². The number of esters is 1. The minimum atomic E-state index is -0.958. The van der Waals surface area contributed by atoms with Crippen LogP contribution in [0.4, 0.5) is 5.69 Å². The lowest BCUT2D eigenvalue weighted by Crippen LogP contribution is -2.36. The third-order valence-corrected chi connectivity index (χ3v) is 3.39. The molecule has 1 aromatic carbocycles. The number of hydrogen-bond acceptors (Lipinski definition) is 6. The maximum absolute atomic E-state index is 12.0. The Kier molecular flexibility index (Phi) is 5.66. The van der Waals surface area contributed by atoms with Gasteiger partial charge in [-0.05, 0) is 31.2 Å². The summed E-state index contributed by atoms with van der Waals surface area (Å²) in [5.41, 5.74) is 1.42. The molecule has 6 heteroatoms. The molecule has 0 radical (unpaired) electrons. The summed E-state index contributed by atoms with van der Waals surface area (Å²) in [7, 11) is 0. The molecule has 6 nitrogen and oxygen atoms in total. The van der Waals surface area contributed by atoms with Crippen LogP contribution < -0.4 is 4.90 Å². The van der Waals surface area contributed by atoms with E-state index in [1.54, 1.807) is 19.1 Å². The molecule has 1 aromatic rings. The summed E-state index contributed by atoms with van der Waals surface area (Å²) in [6, 6.07) is 7.03. The Balaban J connectivity index is 1.96. The van der Waals surface area contributed by atoms with Crippen LogP contribution in [0.15, 0.2) is 24.3 Å². The number of benzene rings is 1. The second-order valence-corrected chi connectivity index (χ2v) is 4.89. The van der Waals surface area contributed by atoms with E-state index in [-0.39, 0.29) is 12.4 Å². The number of Topliss-reactive ketones (excluding diaryl/α,β-unsaturated/α-hetero) is 2. The molecule has 0 aromatic heterocycles. The highest BCUT2D eigenvalue weighted by molar-refractivity contribution is 6.38. The molecule has 0 N–H and O–H groups in total. The molecule has 1 saturated heterocycles. The van der Waals surface area contributed by atoms with Crippen molar-refractivity contribution in [2.24, 2.45) is 0 Å². The molecular formula is C16H19NO5. The van der Waals surface area contributed by atoms with Gasteiger partial charge in [-0.3, -0.25) is 9.59 Å². The molecule has 0 unspecified atom stereocenters. The zero-order chi connectivity index (χ0) is 15.9.